The van der Waals surface area contributed by atoms with E-state index < -0.39 is 8.25 Å². The number of rotatable bonds is 0. The maximum Gasteiger partial charge on any atom is 0.319 e. The fourth-order valence-corrected chi connectivity index (χ4v) is 1.43. The first kappa shape index (κ1) is 8.21. The first-order chi connectivity index (χ1) is 4.79. The van der Waals surface area contributed by atoms with Crippen LogP contribution < -0.4 is 5.73 Å². The van der Waals surface area contributed by atoms with Gasteiger partial charge in [-0.3, -0.25) is 4.57 Å². The van der Waals surface area contributed by atoms with E-state index in [1.54, 1.807) is 0 Å². The molecule has 0 atom stereocenters. The Labute approximate surface area is 60.6 Å². The van der Waals surface area contributed by atoms with E-state index in [1.165, 1.54) is 0 Å². The Bertz CT molecular complexity index is 118. The molecule has 4 nitrogen and oxygen atoms in total. The lowest BCUT2D eigenvalue weighted by Gasteiger charge is -2.15. The van der Waals surface area contributed by atoms with Crippen LogP contribution in [0, 0.1) is 0 Å². The van der Waals surface area contributed by atoms with E-state index in [1.807, 2.05) is 0 Å². The van der Waals surface area contributed by atoms with Crippen molar-refractivity contribution in [2.75, 3.05) is 13.2 Å². The van der Waals surface area contributed by atoms with Gasteiger partial charge in [0.2, 0.25) is 0 Å². The third kappa shape index (κ3) is 2.80. The van der Waals surface area contributed by atoms with Crippen LogP contribution in [-0.4, -0.2) is 19.3 Å². The molecule has 0 aliphatic carbocycles. The summed E-state index contributed by atoms with van der Waals surface area (Å²) in [7, 11) is -2.18. The number of hydrogen-bond acceptors (Lipinski definition) is 4. The highest BCUT2D eigenvalue weighted by atomic mass is 31.1. The summed E-state index contributed by atoms with van der Waals surface area (Å²) in [4.78, 5) is 0. The van der Waals surface area contributed by atoms with Crippen LogP contribution in [0.2, 0.25) is 0 Å². The molecule has 0 aromatic rings. The van der Waals surface area contributed by atoms with Gasteiger partial charge in [-0.2, -0.15) is 0 Å². The van der Waals surface area contributed by atoms with Crippen LogP contribution in [-0.2, 0) is 13.6 Å². The molecule has 0 bridgehead atoms. The largest absolute Gasteiger partial charge is 0.328 e. The fourth-order valence-electron chi connectivity index (χ4n) is 0.773. The van der Waals surface area contributed by atoms with Crippen LogP contribution in [0.1, 0.15) is 12.8 Å². The van der Waals surface area contributed by atoms with Gasteiger partial charge in [-0.1, -0.05) is 0 Å². The van der Waals surface area contributed by atoms with E-state index in [4.69, 9.17) is 14.8 Å². The van der Waals surface area contributed by atoms with Crippen molar-refractivity contribution in [1.29, 1.82) is 0 Å². The minimum Gasteiger partial charge on any atom is -0.328 e. The minimum atomic E-state index is -2.18. The molecule has 1 heterocycles. The second kappa shape index (κ2) is 4.09. The zero-order valence-corrected chi connectivity index (χ0v) is 6.71. The second-order valence-electron chi connectivity index (χ2n) is 2.28. The van der Waals surface area contributed by atoms with Gasteiger partial charge < -0.3 is 14.8 Å². The monoisotopic (exact) mass is 165 g/mol. The lowest BCUT2D eigenvalue weighted by molar-refractivity contribution is 0.189. The van der Waals surface area contributed by atoms with E-state index in [2.05, 4.69) is 0 Å². The standard InChI is InChI=1S/C5H12NO3P/c6-5-1-3-8-10(7)9-4-2-5/h5,10H,1-4,6H2. The van der Waals surface area contributed by atoms with Gasteiger partial charge in [-0.05, 0) is 12.8 Å². The molecule has 1 fully saturated rings. The molecule has 10 heavy (non-hydrogen) atoms. The Morgan fingerprint density at radius 2 is 1.80 bits per heavy atom. The van der Waals surface area contributed by atoms with Crippen molar-refractivity contribution in [2.45, 2.75) is 18.9 Å². The zero-order chi connectivity index (χ0) is 7.40. The molecule has 0 aromatic carbocycles. The average Bonchev–Trinajstić information content (AvgIpc) is 1.84. The SMILES string of the molecule is NC1CCO[PH](=O)OCC1. The first-order valence-electron chi connectivity index (χ1n) is 3.34. The second-order valence-corrected chi connectivity index (χ2v) is 3.36. The van der Waals surface area contributed by atoms with E-state index >= 15 is 0 Å². The average molecular weight is 165 g/mol. The lowest BCUT2D eigenvalue weighted by Crippen LogP contribution is -2.24. The van der Waals surface area contributed by atoms with Crippen LogP contribution in [0.15, 0.2) is 0 Å². The Kier molecular flexibility index (Phi) is 3.35. The van der Waals surface area contributed by atoms with Crippen LogP contribution >= 0.6 is 8.25 Å². The molecule has 0 radical (unpaired) electrons. The number of hydrogen-bond donors (Lipinski definition) is 1. The number of nitrogens with two attached hydrogens (primary N) is 1. The molecule has 0 unspecified atom stereocenters. The first-order valence-corrected chi connectivity index (χ1v) is 4.56. The van der Waals surface area contributed by atoms with E-state index in [-0.39, 0.29) is 6.04 Å². The van der Waals surface area contributed by atoms with Crippen molar-refractivity contribution in [3.8, 4) is 0 Å². The summed E-state index contributed by atoms with van der Waals surface area (Å²) in [6, 6.07) is 0.134. The Morgan fingerprint density at radius 1 is 1.30 bits per heavy atom. The topological polar surface area (TPSA) is 61.5 Å². The molecule has 0 saturated carbocycles. The summed E-state index contributed by atoms with van der Waals surface area (Å²) in [5.41, 5.74) is 5.60. The molecular formula is C5H12NO3P. The van der Waals surface area contributed by atoms with Crippen molar-refractivity contribution in [2.24, 2.45) is 5.73 Å². The summed E-state index contributed by atoms with van der Waals surface area (Å²) in [6.07, 6.45) is 1.56. The highest BCUT2D eigenvalue weighted by Crippen LogP contribution is 2.26. The maximum absolute atomic E-state index is 10.6. The lowest BCUT2D eigenvalue weighted by atomic mass is 10.2. The third-order valence-corrected chi connectivity index (χ3v) is 2.30. The van der Waals surface area contributed by atoms with Crippen molar-refractivity contribution in [3.05, 3.63) is 0 Å². The van der Waals surface area contributed by atoms with Crippen LogP contribution in [0.25, 0.3) is 0 Å². The van der Waals surface area contributed by atoms with Gasteiger partial charge in [-0.15, -0.1) is 0 Å². The van der Waals surface area contributed by atoms with Gasteiger partial charge in [-0.25, -0.2) is 0 Å². The van der Waals surface area contributed by atoms with E-state index in [9.17, 15) is 4.57 Å². The molecule has 1 aliphatic heterocycles. The minimum absolute atomic E-state index is 0.134. The van der Waals surface area contributed by atoms with Gasteiger partial charge >= 0.3 is 8.25 Å². The molecule has 60 valence electrons. The van der Waals surface area contributed by atoms with Gasteiger partial charge in [0, 0.05) is 6.04 Å². The maximum atomic E-state index is 10.6. The summed E-state index contributed by atoms with van der Waals surface area (Å²) in [5.74, 6) is 0. The van der Waals surface area contributed by atoms with Gasteiger partial charge in [0.25, 0.3) is 0 Å². The molecular weight excluding hydrogens is 153 g/mol. The van der Waals surface area contributed by atoms with Crippen molar-refractivity contribution in [3.63, 3.8) is 0 Å². The van der Waals surface area contributed by atoms with E-state index in [0.717, 1.165) is 12.8 Å². The molecule has 1 rings (SSSR count). The molecule has 5 heteroatoms. The highest BCUT2D eigenvalue weighted by molar-refractivity contribution is 7.33. The smallest absolute Gasteiger partial charge is 0.319 e. The van der Waals surface area contributed by atoms with Crippen molar-refractivity contribution >= 4 is 8.25 Å². The van der Waals surface area contributed by atoms with Gasteiger partial charge in [0.1, 0.15) is 0 Å². The summed E-state index contributed by atoms with van der Waals surface area (Å²) in [5, 5.41) is 0. The quantitative estimate of drug-likeness (QED) is 0.532. The molecule has 2 N–H and O–H groups in total. The molecule has 1 aliphatic rings. The molecule has 0 amide bonds. The highest BCUT2D eigenvalue weighted by Gasteiger charge is 2.09. The predicted molar refractivity (Wildman–Crippen MR) is 38.1 cm³/mol. The third-order valence-electron chi connectivity index (χ3n) is 1.42. The van der Waals surface area contributed by atoms with Crippen LogP contribution in [0.5, 0.6) is 0 Å². The molecule has 0 aromatic heterocycles. The Hall–Kier alpha value is 0.110. The zero-order valence-electron chi connectivity index (χ0n) is 5.71. The van der Waals surface area contributed by atoms with Crippen molar-refractivity contribution < 1.29 is 13.6 Å². The Balaban J connectivity index is 2.27. The van der Waals surface area contributed by atoms with Gasteiger partial charge in [0.15, 0.2) is 0 Å². The molecule has 1 saturated heterocycles. The summed E-state index contributed by atoms with van der Waals surface area (Å²) >= 11 is 0. The summed E-state index contributed by atoms with van der Waals surface area (Å²) < 4.78 is 20.2. The van der Waals surface area contributed by atoms with Crippen LogP contribution in [0.4, 0.5) is 0 Å². The van der Waals surface area contributed by atoms with Crippen molar-refractivity contribution in [1.82, 2.24) is 0 Å². The summed E-state index contributed by atoms with van der Waals surface area (Å²) in [6.45, 7) is 0.915. The fraction of sp³-hybridized carbons (Fsp3) is 1.00. The molecule has 0 spiro atoms. The van der Waals surface area contributed by atoms with Crippen LogP contribution in [0.3, 0.4) is 0 Å². The normalized spacial score (nSPS) is 36.5. The van der Waals surface area contributed by atoms with E-state index in [0.29, 0.717) is 13.2 Å². The predicted octanol–water partition coefficient (Wildman–Crippen LogP) is 0.530. The Morgan fingerprint density at radius 3 is 2.30 bits per heavy atom. The van der Waals surface area contributed by atoms with Gasteiger partial charge in [0.05, 0.1) is 13.2 Å².